The van der Waals surface area contributed by atoms with E-state index in [1.54, 1.807) is 0 Å². The first-order valence-electron chi connectivity index (χ1n) is 5.96. The first-order chi connectivity index (χ1) is 7.69. The van der Waals surface area contributed by atoms with Crippen molar-refractivity contribution in [2.75, 3.05) is 13.1 Å². The van der Waals surface area contributed by atoms with Gasteiger partial charge in [0.15, 0.2) is 0 Å². The van der Waals surface area contributed by atoms with Crippen molar-refractivity contribution in [2.24, 2.45) is 11.7 Å². The van der Waals surface area contributed by atoms with E-state index in [0.717, 1.165) is 32.5 Å². The quantitative estimate of drug-likeness (QED) is 0.827. The highest BCUT2D eigenvalue weighted by Crippen LogP contribution is 2.19. The molecular weight excluding hydrogens is 204 g/mol. The van der Waals surface area contributed by atoms with Crippen LogP contribution in [0.25, 0.3) is 0 Å². The molecule has 16 heavy (non-hydrogen) atoms. The second-order valence-electron chi connectivity index (χ2n) is 4.57. The SMILES string of the molecule is CCC1CN(Cc2nnc(C)o2)CCC1N. The van der Waals surface area contributed by atoms with Crippen LogP contribution in [0.3, 0.4) is 0 Å². The summed E-state index contributed by atoms with van der Waals surface area (Å²) >= 11 is 0. The van der Waals surface area contributed by atoms with Gasteiger partial charge in [-0.05, 0) is 12.3 Å². The zero-order valence-corrected chi connectivity index (χ0v) is 10.0. The number of nitrogens with two attached hydrogens (primary N) is 1. The predicted octanol–water partition coefficient (Wildman–Crippen LogP) is 0.937. The van der Waals surface area contributed by atoms with E-state index in [9.17, 15) is 0 Å². The lowest BCUT2D eigenvalue weighted by Gasteiger charge is -2.35. The molecule has 5 nitrogen and oxygen atoms in total. The van der Waals surface area contributed by atoms with Crippen LogP contribution in [0.2, 0.25) is 0 Å². The number of nitrogens with zero attached hydrogens (tertiary/aromatic N) is 3. The second-order valence-corrected chi connectivity index (χ2v) is 4.57. The monoisotopic (exact) mass is 224 g/mol. The van der Waals surface area contributed by atoms with Gasteiger partial charge in [0.1, 0.15) is 0 Å². The minimum atomic E-state index is 0.352. The van der Waals surface area contributed by atoms with Crippen molar-refractivity contribution in [2.45, 2.75) is 39.3 Å². The molecule has 0 aliphatic carbocycles. The maximum absolute atomic E-state index is 6.07. The van der Waals surface area contributed by atoms with Crippen LogP contribution in [-0.4, -0.2) is 34.2 Å². The Kier molecular flexibility index (Phi) is 3.56. The van der Waals surface area contributed by atoms with E-state index in [-0.39, 0.29) is 0 Å². The van der Waals surface area contributed by atoms with Crippen LogP contribution in [0.5, 0.6) is 0 Å². The molecule has 1 aliphatic heterocycles. The number of hydrogen-bond acceptors (Lipinski definition) is 5. The van der Waals surface area contributed by atoms with E-state index >= 15 is 0 Å². The van der Waals surface area contributed by atoms with Crippen molar-refractivity contribution >= 4 is 0 Å². The highest BCUT2D eigenvalue weighted by Gasteiger charge is 2.25. The molecule has 2 N–H and O–H groups in total. The Balaban J connectivity index is 1.91. The fourth-order valence-electron chi connectivity index (χ4n) is 2.29. The highest BCUT2D eigenvalue weighted by molar-refractivity contribution is 4.85. The molecule has 1 saturated heterocycles. The average Bonchev–Trinajstić information content (AvgIpc) is 2.67. The Morgan fingerprint density at radius 3 is 2.94 bits per heavy atom. The van der Waals surface area contributed by atoms with Gasteiger partial charge >= 0.3 is 0 Å². The van der Waals surface area contributed by atoms with Crippen molar-refractivity contribution in [1.82, 2.24) is 15.1 Å². The van der Waals surface area contributed by atoms with Crippen LogP contribution >= 0.6 is 0 Å². The topological polar surface area (TPSA) is 68.2 Å². The summed E-state index contributed by atoms with van der Waals surface area (Å²) in [5.41, 5.74) is 6.07. The van der Waals surface area contributed by atoms with Crippen LogP contribution in [0.1, 0.15) is 31.5 Å². The molecule has 2 atom stereocenters. The molecule has 0 saturated carbocycles. The zero-order chi connectivity index (χ0) is 11.5. The van der Waals surface area contributed by atoms with Gasteiger partial charge < -0.3 is 10.2 Å². The Labute approximate surface area is 96.0 Å². The van der Waals surface area contributed by atoms with Crippen molar-refractivity contribution in [3.8, 4) is 0 Å². The Morgan fingerprint density at radius 2 is 2.31 bits per heavy atom. The summed E-state index contributed by atoms with van der Waals surface area (Å²) in [6, 6.07) is 0.352. The molecule has 2 rings (SSSR count). The fourth-order valence-corrected chi connectivity index (χ4v) is 2.29. The van der Waals surface area contributed by atoms with Crippen LogP contribution in [0.4, 0.5) is 0 Å². The number of hydrogen-bond donors (Lipinski definition) is 1. The largest absolute Gasteiger partial charge is 0.424 e. The third-order valence-electron chi connectivity index (χ3n) is 3.33. The standard InChI is InChI=1S/C11H20N4O/c1-3-9-6-15(5-4-10(9)12)7-11-14-13-8(2)16-11/h9-10H,3-7,12H2,1-2H3. The molecule has 90 valence electrons. The van der Waals surface area contributed by atoms with E-state index in [4.69, 9.17) is 10.2 Å². The van der Waals surface area contributed by atoms with E-state index in [1.165, 1.54) is 0 Å². The van der Waals surface area contributed by atoms with Crippen molar-refractivity contribution in [3.63, 3.8) is 0 Å². The molecule has 0 aromatic carbocycles. The van der Waals surface area contributed by atoms with Gasteiger partial charge in [0.05, 0.1) is 6.54 Å². The van der Waals surface area contributed by atoms with Gasteiger partial charge in [-0.1, -0.05) is 13.3 Å². The number of aromatic nitrogens is 2. The van der Waals surface area contributed by atoms with Crippen LogP contribution in [0.15, 0.2) is 4.42 Å². The first-order valence-corrected chi connectivity index (χ1v) is 5.96. The normalized spacial score (nSPS) is 27.2. The fraction of sp³-hybridized carbons (Fsp3) is 0.818. The molecule has 5 heteroatoms. The Hall–Kier alpha value is -0.940. The summed E-state index contributed by atoms with van der Waals surface area (Å²) in [5, 5.41) is 7.86. The maximum atomic E-state index is 6.07. The molecular formula is C11H20N4O. The predicted molar refractivity (Wildman–Crippen MR) is 60.7 cm³/mol. The second kappa shape index (κ2) is 4.93. The third kappa shape index (κ3) is 2.59. The van der Waals surface area contributed by atoms with E-state index in [1.807, 2.05) is 6.92 Å². The van der Waals surface area contributed by atoms with Gasteiger partial charge in [0.2, 0.25) is 11.8 Å². The number of aryl methyl sites for hydroxylation is 1. The van der Waals surface area contributed by atoms with Crippen LogP contribution < -0.4 is 5.73 Å². The van der Waals surface area contributed by atoms with Gasteiger partial charge in [-0.15, -0.1) is 10.2 Å². The van der Waals surface area contributed by atoms with Gasteiger partial charge in [-0.3, -0.25) is 4.90 Å². The van der Waals surface area contributed by atoms with Crippen LogP contribution in [0, 0.1) is 12.8 Å². The summed E-state index contributed by atoms with van der Waals surface area (Å²) in [4.78, 5) is 2.35. The van der Waals surface area contributed by atoms with E-state index in [0.29, 0.717) is 23.7 Å². The van der Waals surface area contributed by atoms with Gasteiger partial charge in [0, 0.05) is 26.1 Å². The highest BCUT2D eigenvalue weighted by atomic mass is 16.4. The minimum absolute atomic E-state index is 0.352. The number of piperidine rings is 1. The molecule has 1 aromatic heterocycles. The Morgan fingerprint density at radius 1 is 1.50 bits per heavy atom. The van der Waals surface area contributed by atoms with Crippen molar-refractivity contribution in [1.29, 1.82) is 0 Å². The van der Waals surface area contributed by atoms with Gasteiger partial charge in [-0.2, -0.15) is 0 Å². The van der Waals surface area contributed by atoms with Crippen molar-refractivity contribution < 1.29 is 4.42 Å². The lowest BCUT2D eigenvalue weighted by atomic mass is 9.91. The summed E-state index contributed by atoms with van der Waals surface area (Å²) in [5.74, 6) is 1.94. The summed E-state index contributed by atoms with van der Waals surface area (Å²) in [6.07, 6.45) is 2.20. The molecule has 0 radical (unpaired) electrons. The molecule has 0 spiro atoms. The van der Waals surface area contributed by atoms with E-state index in [2.05, 4.69) is 22.0 Å². The summed E-state index contributed by atoms with van der Waals surface area (Å²) in [6.45, 7) is 6.84. The molecule has 2 heterocycles. The Bertz CT molecular complexity index is 338. The first kappa shape index (κ1) is 11.5. The molecule has 1 aromatic rings. The maximum Gasteiger partial charge on any atom is 0.230 e. The van der Waals surface area contributed by atoms with Gasteiger partial charge in [-0.25, -0.2) is 0 Å². The third-order valence-corrected chi connectivity index (χ3v) is 3.33. The molecule has 1 aliphatic rings. The minimum Gasteiger partial charge on any atom is -0.424 e. The zero-order valence-electron chi connectivity index (χ0n) is 10.0. The lowest BCUT2D eigenvalue weighted by Crippen LogP contribution is -2.46. The summed E-state index contributed by atoms with van der Waals surface area (Å²) < 4.78 is 5.39. The molecule has 0 bridgehead atoms. The van der Waals surface area contributed by atoms with E-state index < -0.39 is 0 Å². The van der Waals surface area contributed by atoms with Crippen LogP contribution in [-0.2, 0) is 6.54 Å². The number of rotatable bonds is 3. The lowest BCUT2D eigenvalue weighted by molar-refractivity contribution is 0.134. The summed E-state index contributed by atoms with van der Waals surface area (Å²) in [7, 11) is 0. The average molecular weight is 224 g/mol. The smallest absolute Gasteiger partial charge is 0.230 e. The van der Waals surface area contributed by atoms with Crippen molar-refractivity contribution in [3.05, 3.63) is 11.8 Å². The molecule has 2 unspecified atom stereocenters. The molecule has 0 amide bonds. The van der Waals surface area contributed by atoms with Gasteiger partial charge in [0.25, 0.3) is 0 Å². The number of likely N-dealkylation sites (tertiary alicyclic amines) is 1. The molecule has 1 fully saturated rings.